The number of nitro groups is 1. The number of rotatable bonds is 4. The fraction of sp³-hybridized carbons (Fsp3) is 0.167. The highest BCUT2D eigenvalue weighted by molar-refractivity contribution is 9.10. The Labute approximate surface area is 127 Å². The molecular weight excluding hydrogens is 342 g/mol. The lowest BCUT2D eigenvalue weighted by molar-refractivity contribution is -0.386. The fourth-order valence-corrected chi connectivity index (χ4v) is 2.31. The van der Waals surface area contributed by atoms with Gasteiger partial charge in [-0.25, -0.2) is 10.8 Å². The van der Waals surface area contributed by atoms with E-state index in [2.05, 4.69) is 26.3 Å². The molecule has 0 saturated heterocycles. The van der Waals surface area contributed by atoms with Crippen LogP contribution in [0.3, 0.4) is 0 Å². The molecule has 0 aromatic carbocycles. The summed E-state index contributed by atoms with van der Waals surface area (Å²) in [5, 5.41) is 11.0. The molecule has 8 nitrogen and oxygen atoms in total. The summed E-state index contributed by atoms with van der Waals surface area (Å²) in [6.07, 6.45) is 2.77. The Balaban J connectivity index is 2.55. The standard InChI is InChI=1S/C12H12BrN5O3/c1-7-9(18(20)21)6-17(12(19)10(7)13)5-8-3-2-4-15-11(8)16-14/h2-4,6H,5,14H2,1H3,(H,15,16). The number of hydrazine groups is 1. The maximum Gasteiger partial charge on any atom is 0.289 e. The van der Waals surface area contributed by atoms with Gasteiger partial charge < -0.3 is 9.99 Å². The molecule has 3 N–H and O–H groups in total. The largest absolute Gasteiger partial charge is 0.308 e. The minimum atomic E-state index is -0.526. The number of aromatic nitrogens is 2. The third kappa shape index (κ3) is 2.93. The topological polar surface area (TPSA) is 116 Å². The van der Waals surface area contributed by atoms with Crippen molar-refractivity contribution in [1.29, 1.82) is 0 Å². The van der Waals surface area contributed by atoms with Crippen LogP contribution in [0, 0.1) is 17.0 Å². The van der Waals surface area contributed by atoms with E-state index in [0.717, 1.165) is 0 Å². The maximum atomic E-state index is 12.2. The molecule has 0 fully saturated rings. The van der Waals surface area contributed by atoms with Crippen molar-refractivity contribution in [3.05, 3.63) is 60.6 Å². The molecule has 9 heteroatoms. The number of nitrogens with zero attached hydrogens (tertiary/aromatic N) is 3. The highest BCUT2D eigenvalue weighted by Gasteiger charge is 2.19. The zero-order chi connectivity index (χ0) is 15.6. The van der Waals surface area contributed by atoms with E-state index >= 15 is 0 Å². The van der Waals surface area contributed by atoms with Crippen molar-refractivity contribution in [2.45, 2.75) is 13.5 Å². The Kier molecular flexibility index (Phi) is 4.34. The summed E-state index contributed by atoms with van der Waals surface area (Å²) >= 11 is 3.10. The lowest BCUT2D eigenvalue weighted by Gasteiger charge is -2.11. The summed E-state index contributed by atoms with van der Waals surface area (Å²) in [6.45, 7) is 1.64. The van der Waals surface area contributed by atoms with Gasteiger partial charge in [0, 0.05) is 17.3 Å². The Morgan fingerprint density at radius 2 is 2.29 bits per heavy atom. The molecule has 0 unspecified atom stereocenters. The van der Waals surface area contributed by atoms with Crippen molar-refractivity contribution < 1.29 is 4.92 Å². The number of nitrogen functional groups attached to an aromatic ring is 1. The molecule has 0 saturated carbocycles. The van der Waals surface area contributed by atoms with Crippen LogP contribution in [0.25, 0.3) is 0 Å². The van der Waals surface area contributed by atoms with Crippen molar-refractivity contribution in [2.75, 3.05) is 5.43 Å². The highest BCUT2D eigenvalue weighted by Crippen LogP contribution is 2.23. The molecule has 0 spiro atoms. The van der Waals surface area contributed by atoms with Gasteiger partial charge in [0.1, 0.15) is 5.82 Å². The maximum absolute atomic E-state index is 12.2. The first kappa shape index (κ1) is 15.1. The predicted molar refractivity (Wildman–Crippen MR) is 80.9 cm³/mol. The average molecular weight is 354 g/mol. The molecule has 0 aliphatic rings. The first-order chi connectivity index (χ1) is 9.95. The lowest BCUT2D eigenvalue weighted by atomic mass is 10.2. The quantitative estimate of drug-likeness (QED) is 0.489. The molecule has 110 valence electrons. The zero-order valence-corrected chi connectivity index (χ0v) is 12.6. The van der Waals surface area contributed by atoms with E-state index in [1.807, 2.05) is 0 Å². The molecule has 2 rings (SSSR count). The van der Waals surface area contributed by atoms with Gasteiger partial charge in [0.15, 0.2) is 0 Å². The molecule has 0 amide bonds. The van der Waals surface area contributed by atoms with Crippen molar-refractivity contribution in [3.63, 3.8) is 0 Å². The van der Waals surface area contributed by atoms with Crippen molar-refractivity contribution in [1.82, 2.24) is 9.55 Å². The zero-order valence-electron chi connectivity index (χ0n) is 11.0. The van der Waals surface area contributed by atoms with Gasteiger partial charge in [0.25, 0.3) is 11.2 Å². The Hall–Kier alpha value is -2.26. The minimum absolute atomic E-state index is 0.117. The van der Waals surface area contributed by atoms with Gasteiger partial charge in [-0.1, -0.05) is 6.07 Å². The summed E-state index contributed by atoms with van der Waals surface area (Å²) in [6, 6.07) is 3.42. The van der Waals surface area contributed by atoms with E-state index in [1.165, 1.54) is 17.7 Å². The Morgan fingerprint density at radius 3 is 2.90 bits per heavy atom. The second-order valence-electron chi connectivity index (χ2n) is 4.30. The first-order valence-electron chi connectivity index (χ1n) is 5.90. The van der Waals surface area contributed by atoms with Crippen LogP contribution in [0.1, 0.15) is 11.1 Å². The molecule has 2 aromatic heterocycles. The summed E-state index contributed by atoms with van der Waals surface area (Å²) < 4.78 is 1.41. The van der Waals surface area contributed by atoms with Crippen LogP contribution < -0.4 is 16.8 Å². The van der Waals surface area contributed by atoms with Gasteiger partial charge in [-0.15, -0.1) is 0 Å². The number of nitrogens with two attached hydrogens (primary N) is 1. The van der Waals surface area contributed by atoms with Crippen molar-refractivity contribution >= 4 is 27.4 Å². The van der Waals surface area contributed by atoms with Crippen molar-refractivity contribution in [3.8, 4) is 0 Å². The molecule has 0 aliphatic carbocycles. The number of hydrogen-bond donors (Lipinski definition) is 2. The van der Waals surface area contributed by atoms with Gasteiger partial charge in [0.2, 0.25) is 0 Å². The first-order valence-corrected chi connectivity index (χ1v) is 6.69. The van der Waals surface area contributed by atoms with Gasteiger partial charge in [0.05, 0.1) is 22.1 Å². The number of pyridine rings is 2. The molecule has 0 aliphatic heterocycles. The highest BCUT2D eigenvalue weighted by atomic mass is 79.9. The number of nitrogens with one attached hydrogen (secondary N) is 1. The fourth-order valence-electron chi connectivity index (χ4n) is 1.88. The van der Waals surface area contributed by atoms with E-state index < -0.39 is 4.92 Å². The number of halogens is 1. The van der Waals surface area contributed by atoms with E-state index in [1.54, 1.807) is 18.3 Å². The summed E-state index contributed by atoms with van der Waals surface area (Å²) in [4.78, 5) is 26.7. The smallest absolute Gasteiger partial charge is 0.289 e. The van der Waals surface area contributed by atoms with Gasteiger partial charge >= 0.3 is 0 Å². The number of anilines is 1. The van der Waals surface area contributed by atoms with Crippen molar-refractivity contribution in [2.24, 2.45) is 5.84 Å². The van der Waals surface area contributed by atoms with Gasteiger partial charge in [-0.2, -0.15) is 0 Å². The minimum Gasteiger partial charge on any atom is -0.308 e. The summed E-state index contributed by atoms with van der Waals surface area (Å²) in [5.74, 6) is 5.76. The van der Waals surface area contributed by atoms with Crippen LogP contribution in [-0.4, -0.2) is 14.5 Å². The van der Waals surface area contributed by atoms with Gasteiger partial charge in [-0.3, -0.25) is 14.9 Å². The van der Waals surface area contributed by atoms with E-state index in [-0.39, 0.29) is 22.3 Å². The summed E-state index contributed by atoms with van der Waals surface area (Å²) in [7, 11) is 0. The normalized spacial score (nSPS) is 10.4. The average Bonchev–Trinajstić information content (AvgIpc) is 2.48. The third-order valence-electron chi connectivity index (χ3n) is 3.01. The molecule has 0 atom stereocenters. The second-order valence-corrected chi connectivity index (χ2v) is 5.09. The second kappa shape index (κ2) is 6.02. The van der Waals surface area contributed by atoms with E-state index in [9.17, 15) is 14.9 Å². The van der Waals surface area contributed by atoms with E-state index in [4.69, 9.17) is 5.84 Å². The molecule has 0 radical (unpaired) electrons. The molecule has 0 bridgehead atoms. The monoisotopic (exact) mass is 353 g/mol. The predicted octanol–water partition coefficient (Wildman–Crippen LogP) is 1.56. The Bertz CT molecular complexity index is 759. The van der Waals surface area contributed by atoms with Crippen LogP contribution in [0.4, 0.5) is 11.5 Å². The summed E-state index contributed by atoms with van der Waals surface area (Å²) in [5.41, 5.74) is 2.88. The molecular formula is C12H12BrN5O3. The van der Waals surface area contributed by atoms with Crippen LogP contribution in [0.2, 0.25) is 0 Å². The molecule has 2 aromatic rings. The van der Waals surface area contributed by atoms with Crippen LogP contribution in [0.15, 0.2) is 33.8 Å². The lowest BCUT2D eigenvalue weighted by Crippen LogP contribution is -2.23. The van der Waals surface area contributed by atoms with Crippen LogP contribution in [-0.2, 0) is 6.54 Å². The van der Waals surface area contributed by atoms with Crippen LogP contribution >= 0.6 is 15.9 Å². The van der Waals surface area contributed by atoms with E-state index in [0.29, 0.717) is 16.9 Å². The van der Waals surface area contributed by atoms with Crippen LogP contribution in [0.5, 0.6) is 0 Å². The third-order valence-corrected chi connectivity index (χ3v) is 3.94. The SMILES string of the molecule is Cc1c([N+](=O)[O-])cn(Cc2cccnc2NN)c(=O)c1Br. The number of hydrogen-bond acceptors (Lipinski definition) is 6. The Morgan fingerprint density at radius 1 is 1.57 bits per heavy atom. The van der Waals surface area contributed by atoms with Gasteiger partial charge in [-0.05, 0) is 28.9 Å². The molecule has 2 heterocycles. The molecule has 21 heavy (non-hydrogen) atoms.